The van der Waals surface area contributed by atoms with E-state index in [-0.39, 0.29) is 22.8 Å². The predicted octanol–water partition coefficient (Wildman–Crippen LogP) is 0.737. The second-order valence-corrected chi connectivity index (χ2v) is 4.24. The van der Waals surface area contributed by atoms with E-state index in [0.717, 1.165) is 11.8 Å². The highest BCUT2D eigenvalue weighted by Gasteiger charge is 2.14. The first-order chi connectivity index (χ1) is 8.06. The molecule has 1 rings (SSSR count). The molecule has 1 aromatic heterocycles. The molecule has 0 aliphatic rings. The summed E-state index contributed by atoms with van der Waals surface area (Å²) < 4.78 is 0.670. The van der Waals surface area contributed by atoms with Crippen LogP contribution in [0.4, 0.5) is 0 Å². The molecule has 5 nitrogen and oxygen atoms in total. The van der Waals surface area contributed by atoms with Crippen molar-refractivity contribution in [2.45, 2.75) is 11.9 Å². The van der Waals surface area contributed by atoms with E-state index in [4.69, 9.17) is 11.0 Å². The van der Waals surface area contributed by atoms with Crippen molar-refractivity contribution >= 4 is 17.5 Å². The van der Waals surface area contributed by atoms with E-state index >= 15 is 0 Å². The van der Waals surface area contributed by atoms with Gasteiger partial charge in [0.25, 0.3) is 5.03 Å². The summed E-state index contributed by atoms with van der Waals surface area (Å²) >= 11 is 1.08. The van der Waals surface area contributed by atoms with E-state index in [1.165, 1.54) is 13.1 Å². The van der Waals surface area contributed by atoms with E-state index in [9.17, 15) is 10.0 Å². The van der Waals surface area contributed by atoms with Gasteiger partial charge in [-0.1, -0.05) is 0 Å². The fourth-order valence-electron chi connectivity index (χ4n) is 1.11. The Balaban J connectivity index is 2.71. The molecule has 0 bridgehead atoms. The molecule has 6 heteroatoms. The van der Waals surface area contributed by atoms with Crippen molar-refractivity contribution < 1.29 is 9.52 Å². The van der Waals surface area contributed by atoms with Crippen LogP contribution in [-0.2, 0) is 4.79 Å². The molecular weight excluding hydrogens is 238 g/mol. The van der Waals surface area contributed by atoms with Crippen LogP contribution in [0.3, 0.4) is 0 Å². The number of nitriles is 1. The zero-order valence-electron chi connectivity index (χ0n) is 9.21. The van der Waals surface area contributed by atoms with Crippen LogP contribution in [0.2, 0.25) is 0 Å². The highest BCUT2D eigenvalue weighted by molar-refractivity contribution is 7.99. The number of carbonyl (C=O) groups excluding carboxylic acids is 1. The molecule has 1 aromatic rings. The Hall–Kier alpha value is -2.00. The SMILES string of the molecule is C/C(N)=C(/C#N)C(=O)CSc1cccc[n+]1[O-]. The van der Waals surface area contributed by atoms with Crippen LogP contribution in [0.15, 0.2) is 40.7 Å². The van der Waals surface area contributed by atoms with Crippen molar-refractivity contribution in [1.29, 1.82) is 5.26 Å². The molecule has 2 N–H and O–H groups in total. The highest BCUT2D eigenvalue weighted by atomic mass is 32.2. The number of rotatable bonds is 4. The fraction of sp³-hybridized carbons (Fsp3) is 0.182. The van der Waals surface area contributed by atoms with Crippen LogP contribution in [0.25, 0.3) is 0 Å². The standard InChI is InChI=1S/C11H11N3O2S/c1-8(13)9(6-12)10(15)7-17-11-4-2-3-5-14(11)16/h2-5H,7,13H2,1H3/b9-8+. The van der Waals surface area contributed by atoms with Gasteiger partial charge in [0.05, 0.1) is 5.75 Å². The molecule has 88 valence electrons. The maximum Gasteiger partial charge on any atom is 0.251 e. The van der Waals surface area contributed by atoms with E-state index in [2.05, 4.69) is 0 Å². The number of carbonyl (C=O) groups is 1. The lowest BCUT2D eigenvalue weighted by molar-refractivity contribution is -0.645. The zero-order valence-corrected chi connectivity index (χ0v) is 10.0. The minimum atomic E-state index is -0.374. The Kier molecular flexibility index (Phi) is 4.55. The maximum absolute atomic E-state index is 11.6. The average molecular weight is 249 g/mol. The Morgan fingerprint density at radius 1 is 1.65 bits per heavy atom. The number of nitrogens with zero attached hydrogens (tertiary/aromatic N) is 2. The molecule has 0 atom stereocenters. The quantitative estimate of drug-likeness (QED) is 0.279. The third kappa shape index (κ3) is 3.50. The Labute approximate surface area is 103 Å². The van der Waals surface area contributed by atoms with Gasteiger partial charge in [-0.05, 0) is 24.8 Å². The van der Waals surface area contributed by atoms with E-state index in [1.807, 2.05) is 0 Å². The molecule has 0 amide bonds. The molecule has 0 aliphatic heterocycles. The number of nitrogens with two attached hydrogens (primary N) is 1. The lowest BCUT2D eigenvalue weighted by Crippen LogP contribution is -2.28. The third-order valence-corrected chi connectivity index (χ3v) is 2.94. The molecule has 0 radical (unpaired) electrons. The van der Waals surface area contributed by atoms with Gasteiger partial charge in [-0.3, -0.25) is 4.79 Å². The number of aromatic nitrogens is 1. The predicted molar refractivity (Wildman–Crippen MR) is 63.6 cm³/mol. The summed E-state index contributed by atoms with van der Waals surface area (Å²) in [7, 11) is 0. The first kappa shape index (κ1) is 13.1. The van der Waals surface area contributed by atoms with Crippen molar-refractivity contribution in [3.63, 3.8) is 0 Å². The number of thioether (sulfide) groups is 1. The molecule has 0 spiro atoms. The second kappa shape index (κ2) is 5.92. The van der Waals surface area contributed by atoms with Crippen LogP contribution >= 0.6 is 11.8 Å². The van der Waals surface area contributed by atoms with Crippen LogP contribution in [0, 0.1) is 16.5 Å². The van der Waals surface area contributed by atoms with Gasteiger partial charge in [-0.25, -0.2) is 0 Å². The Morgan fingerprint density at radius 3 is 2.88 bits per heavy atom. The monoisotopic (exact) mass is 249 g/mol. The molecule has 0 unspecified atom stereocenters. The van der Waals surface area contributed by atoms with E-state index < -0.39 is 0 Å². The number of ketones is 1. The summed E-state index contributed by atoms with van der Waals surface area (Å²) in [6, 6.07) is 6.67. The van der Waals surface area contributed by atoms with Crippen LogP contribution in [0.1, 0.15) is 6.92 Å². The van der Waals surface area contributed by atoms with Gasteiger partial charge in [-0.15, -0.1) is 0 Å². The first-order valence-corrected chi connectivity index (χ1v) is 5.75. The summed E-state index contributed by atoms with van der Waals surface area (Å²) in [6.45, 7) is 1.50. The van der Waals surface area contributed by atoms with Crippen LogP contribution in [-0.4, -0.2) is 11.5 Å². The summed E-state index contributed by atoms with van der Waals surface area (Å²) in [4.78, 5) is 11.6. The smallest absolute Gasteiger partial charge is 0.251 e. The Morgan fingerprint density at radius 2 is 2.35 bits per heavy atom. The first-order valence-electron chi connectivity index (χ1n) is 4.77. The van der Waals surface area contributed by atoms with E-state index in [0.29, 0.717) is 9.76 Å². The summed E-state index contributed by atoms with van der Waals surface area (Å²) in [5.41, 5.74) is 5.55. The summed E-state index contributed by atoms with van der Waals surface area (Å²) in [5.74, 6) is -0.356. The second-order valence-electron chi connectivity index (χ2n) is 3.25. The zero-order chi connectivity index (χ0) is 12.8. The number of pyridine rings is 1. The van der Waals surface area contributed by atoms with Crippen molar-refractivity contribution in [2.24, 2.45) is 5.73 Å². The van der Waals surface area contributed by atoms with Gasteiger partial charge >= 0.3 is 0 Å². The number of allylic oxidation sites excluding steroid dienone is 2. The number of Topliss-reactive ketones (excluding diaryl/α,β-unsaturated/α-hetero) is 1. The fourth-order valence-corrected chi connectivity index (χ4v) is 1.89. The third-order valence-electron chi connectivity index (χ3n) is 1.92. The molecule has 17 heavy (non-hydrogen) atoms. The largest absolute Gasteiger partial charge is 0.618 e. The van der Waals surface area contributed by atoms with Gasteiger partial charge < -0.3 is 10.9 Å². The van der Waals surface area contributed by atoms with Crippen LogP contribution in [0.5, 0.6) is 0 Å². The Bertz CT molecular complexity index is 502. The molecule has 0 aromatic carbocycles. The van der Waals surface area contributed by atoms with Crippen molar-refractivity contribution in [3.8, 4) is 6.07 Å². The normalized spacial score (nSPS) is 11.5. The minimum Gasteiger partial charge on any atom is -0.618 e. The van der Waals surface area contributed by atoms with Gasteiger partial charge in [0, 0.05) is 17.8 Å². The molecule has 0 saturated carbocycles. The highest BCUT2D eigenvalue weighted by Crippen LogP contribution is 2.14. The molecule has 0 fully saturated rings. The van der Waals surface area contributed by atoms with Crippen LogP contribution < -0.4 is 10.5 Å². The topological polar surface area (TPSA) is 93.8 Å². The lowest BCUT2D eigenvalue weighted by Gasteiger charge is -2.02. The van der Waals surface area contributed by atoms with Crippen molar-refractivity contribution in [2.75, 3.05) is 5.75 Å². The van der Waals surface area contributed by atoms with Crippen molar-refractivity contribution in [3.05, 3.63) is 40.9 Å². The van der Waals surface area contributed by atoms with Gasteiger partial charge in [-0.2, -0.15) is 9.99 Å². The van der Waals surface area contributed by atoms with E-state index in [1.54, 1.807) is 24.3 Å². The average Bonchev–Trinajstić information content (AvgIpc) is 2.28. The minimum absolute atomic E-state index is 0.0175. The van der Waals surface area contributed by atoms with Gasteiger partial charge in [0.15, 0.2) is 12.0 Å². The molecule has 0 aliphatic carbocycles. The molecular formula is C11H11N3O2S. The van der Waals surface area contributed by atoms with Gasteiger partial charge in [0.2, 0.25) is 0 Å². The lowest BCUT2D eigenvalue weighted by atomic mass is 10.2. The number of hydrogen-bond acceptors (Lipinski definition) is 5. The van der Waals surface area contributed by atoms with Crippen molar-refractivity contribution in [1.82, 2.24) is 0 Å². The number of hydrogen-bond donors (Lipinski definition) is 1. The summed E-state index contributed by atoms with van der Waals surface area (Å²) in [5, 5.41) is 20.4. The molecule has 0 saturated heterocycles. The maximum atomic E-state index is 11.6. The van der Waals surface area contributed by atoms with Gasteiger partial charge in [0.1, 0.15) is 11.6 Å². The molecule has 1 heterocycles. The summed E-state index contributed by atoms with van der Waals surface area (Å²) in [6.07, 6.45) is 1.35.